The average Bonchev–Trinajstić information content (AvgIpc) is 2.78. The Kier molecular flexibility index (Phi) is 9.57. The smallest absolute Gasteiger partial charge is 0.362 e. The summed E-state index contributed by atoms with van der Waals surface area (Å²) in [5.41, 5.74) is 2.41. The third-order valence-electron chi connectivity index (χ3n) is 7.28. The Morgan fingerprint density at radius 1 is 0.973 bits per heavy atom. The molecule has 1 aliphatic rings. The Morgan fingerprint density at radius 3 is 2.24 bits per heavy atom. The van der Waals surface area contributed by atoms with Crippen LogP contribution in [0.4, 0.5) is 0 Å². The van der Waals surface area contributed by atoms with Gasteiger partial charge in [0.25, 0.3) is 0 Å². The molecule has 0 radical (unpaired) electrons. The second-order valence-electron chi connectivity index (χ2n) is 12.7. The highest BCUT2D eigenvalue weighted by Gasteiger charge is 2.36. The summed E-state index contributed by atoms with van der Waals surface area (Å²) in [7, 11) is 4.09. The minimum absolute atomic E-state index is 0.0249. The van der Waals surface area contributed by atoms with Crippen LogP contribution in [0.25, 0.3) is 0 Å². The SMILES string of the molecule is CC(Cc1ccccc1)[C@@H]1CC[C@@H](C)C[C@H]1OC(=O)C[N+](C)(C)Cc1ccc(C(=O)OC(C)(C)C)cc1. The fourth-order valence-corrected chi connectivity index (χ4v) is 5.46. The molecule has 4 atom stereocenters. The van der Waals surface area contributed by atoms with Crippen LogP contribution < -0.4 is 0 Å². The van der Waals surface area contributed by atoms with E-state index >= 15 is 0 Å². The number of carbonyl (C=O) groups is 2. The van der Waals surface area contributed by atoms with Crippen LogP contribution in [-0.4, -0.2) is 48.8 Å². The molecule has 202 valence electrons. The summed E-state index contributed by atoms with van der Waals surface area (Å²) in [5, 5.41) is 0. The summed E-state index contributed by atoms with van der Waals surface area (Å²) in [4.78, 5) is 25.4. The van der Waals surface area contributed by atoms with Gasteiger partial charge in [-0.3, -0.25) is 0 Å². The molecule has 37 heavy (non-hydrogen) atoms. The Morgan fingerprint density at radius 2 is 1.62 bits per heavy atom. The zero-order valence-corrected chi connectivity index (χ0v) is 23.8. The van der Waals surface area contributed by atoms with E-state index in [-0.39, 0.29) is 18.0 Å². The summed E-state index contributed by atoms with van der Waals surface area (Å²) in [5.74, 6) is 0.958. The highest BCUT2D eigenvalue weighted by atomic mass is 16.6. The minimum atomic E-state index is -0.524. The molecular formula is C32H46NO4+. The van der Waals surface area contributed by atoms with Crippen LogP contribution in [0.5, 0.6) is 0 Å². The van der Waals surface area contributed by atoms with Crippen molar-refractivity contribution >= 4 is 11.9 Å². The Bertz CT molecular complexity index is 1020. The molecule has 0 aromatic heterocycles. The molecule has 0 heterocycles. The first-order chi connectivity index (χ1) is 17.3. The quantitative estimate of drug-likeness (QED) is 0.289. The van der Waals surface area contributed by atoms with E-state index in [1.54, 1.807) is 12.1 Å². The summed E-state index contributed by atoms with van der Waals surface area (Å²) in [6, 6.07) is 18.1. The van der Waals surface area contributed by atoms with Gasteiger partial charge >= 0.3 is 11.9 Å². The predicted molar refractivity (Wildman–Crippen MR) is 148 cm³/mol. The zero-order valence-electron chi connectivity index (χ0n) is 23.8. The van der Waals surface area contributed by atoms with E-state index in [0.717, 1.165) is 24.8 Å². The van der Waals surface area contributed by atoms with E-state index < -0.39 is 5.60 Å². The maximum absolute atomic E-state index is 13.1. The van der Waals surface area contributed by atoms with E-state index in [9.17, 15) is 9.59 Å². The van der Waals surface area contributed by atoms with Crippen LogP contribution in [0.1, 0.15) is 75.4 Å². The molecule has 0 amide bonds. The number of carbonyl (C=O) groups excluding carboxylic acids is 2. The lowest BCUT2D eigenvalue weighted by atomic mass is 9.73. The summed E-state index contributed by atoms with van der Waals surface area (Å²) in [6.45, 7) is 11.1. The third-order valence-corrected chi connectivity index (χ3v) is 7.28. The molecule has 0 spiro atoms. The molecule has 5 heteroatoms. The summed E-state index contributed by atoms with van der Waals surface area (Å²) < 4.78 is 12.1. The van der Waals surface area contributed by atoms with E-state index in [0.29, 0.717) is 40.9 Å². The maximum Gasteiger partial charge on any atom is 0.362 e. The Balaban J connectivity index is 1.58. The standard InChI is InChI=1S/C32H46NO4/c1-23-13-18-28(24(2)20-25-11-9-8-10-12-25)29(19-23)36-30(34)22-33(6,7)21-26-14-16-27(17-15-26)31(35)37-32(3,4)5/h8-12,14-17,23-24,28-29H,13,18-22H2,1-7H3/q+1/t23-,24?,28+,29-/m1/s1. The number of benzene rings is 2. The van der Waals surface area contributed by atoms with Gasteiger partial charge in [-0.2, -0.15) is 0 Å². The van der Waals surface area contributed by atoms with Crippen molar-refractivity contribution in [2.24, 2.45) is 17.8 Å². The van der Waals surface area contributed by atoms with Gasteiger partial charge in [-0.15, -0.1) is 0 Å². The topological polar surface area (TPSA) is 52.6 Å². The third kappa shape index (κ3) is 9.30. The average molecular weight is 509 g/mol. The van der Waals surface area contributed by atoms with E-state index in [4.69, 9.17) is 9.47 Å². The van der Waals surface area contributed by atoms with Crippen molar-refractivity contribution in [3.8, 4) is 0 Å². The summed E-state index contributed by atoms with van der Waals surface area (Å²) >= 11 is 0. The van der Waals surface area contributed by atoms with Crippen molar-refractivity contribution in [3.05, 3.63) is 71.3 Å². The van der Waals surface area contributed by atoms with Crippen molar-refractivity contribution in [1.82, 2.24) is 0 Å². The number of esters is 2. The van der Waals surface area contributed by atoms with Gasteiger partial charge in [-0.05, 0) is 75.5 Å². The first-order valence-electron chi connectivity index (χ1n) is 13.7. The van der Waals surface area contributed by atoms with Crippen LogP contribution in [0, 0.1) is 17.8 Å². The lowest BCUT2D eigenvalue weighted by Gasteiger charge is -2.38. The van der Waals surface area contributed by atoms with Gasteiger partial charge in [0.2, 0.25) is 0 Å². The lowest BCUT2D eigenvalue weighted by molar-refractivity contribution is -0.896. The van der Waals surface area contributed by atoms with Gasteiger partial charge in [0.15, 0.2) is 6.54 Å². The van der Waals surface area contributed by atoms with Gasteiger partial charge in [0, 0.05) is 5.56 Å². The van der Waals surface area contributed by atoms with Crippen LogP contribution in [0.2, 0.25) is 0 Å². The molecule has 1 unspecified atom stereocenters. The largest absolute Gasteiger partial charge is 0.458 e. The first kappa shape index (κ1) is 28.9. The van der Waals surface area contributed by atoms with Crippen molar-refractivity contribution in [2.75, 3.05) is 20.6 Å². The van der Waals surface area contributed by atoms with Crippen LogP contribution >= 0.6 is 0 Å². The Hall–Kier alpha value is -2.66. The highest BCUT2D eigenvalue weighted by molar-refractivity contribution is 5.89. The molecule has 1 saturated carbocycles. The second kappa shape index (κ2) is 12.3. The molecule has 0 N–H and O–H groups in total. The number of hydrogen-bond acceptors (Lipinski definition) is 4. The molecule has 0 bridgehead atoms. The molecule has 2 aromatic rings. The first-order valence-corrected chi connectivity index (χ1v) is 13.7. The zero-order chi connectivity index (χ0) is 27.2. The van der Waals surface area contributed by atoms with Gasteiger partial charge in [-0.25, -0.2) is 9.59 Å². The summed E-state index contributed by atoms with van der Waals surface area (Å²) in [6.07, 6.45) is 4.22. The molecule has 5 nitrogen and oxygen atoms in total. The molecule has 3 rings (SSSR count). The number of ether oxygens (including phenoxy) is 2. The van der Waals surface area contributed by atoms with Crippen molar-refractivity contribution in [2.45, 2.75) is 78.6 Å². The molecule has 2 aromatic carbocycles. The van der Waals surface area contributed by atoms with Crippen molar-refractivity contribution in [3.63, 3.8) is 0 Å². The van der Waals surface area contributed by atoms with E-state index in [2.05, 4.69) is 44.2 Å². The monoisotopic (exact) mass is 508 g/mol. The second-order valence-corrected chi connectivity index (χ2v) is 12.7. The fourth-order valence-electron chi connectivity index (χ4n) is 5.46. The van der Waals surface area contributed by atoms with Gasteiger partial charge < -0.3 is 14.0 Å². The van der Waals surface area contributed by atoms with Crippen LogP contribution in [0.3, 0.4) is 0 Å². The number of rotatable bonds is 9. The number of hydrogen-bond donors (Lipinski definition) is 0. The van der Waals surface area contributed by atoms with E-state index in [1.165, 1.54) is 12.0 Å². The van der Waals surface area contributed by atoms with Gasteiger partial charge in [0.1, 0.15) is 18.2 Å². The van der Waals surface area contributed by atoms with Crippen molar-refractivity contribution < 1.29 is 23.5 Å². The number of nitrogens with zero attached hydrogens (tertiary/aromatic N) is 1. The molecule has 0 aliphatic heterocycles. The lowest BCUT2D eigenvalue weighted by Crippen LogP contribution is -2.46. The normalized spacial score (nSPS) is 21.2. The molecule has 0 saturated heterocycles. The number of quaternary nitrogens is 1. The molecular weight excluding hydrogens is 462 g/mol. The van der Waals surface area contributed by atoms with Crippen LogP contribution in [-0.2, 0) is 27.2 Å². The van der Waals surface area contributed by atoms with E-state index in [1.807, 2.05) is 47.0 Å². The molecule has 1 fully saturated rings. The van der Waals surface area contributed by atoms with Crippen molar-refractivity contribution in [1.29, 1.82) is 0 Å². The highest BCUT2D eigenvalue weighted by Crippen LogP contribution is 2.37. The predicted octanol–water partition coefficient (Wildman–Crippen LogP) is 6.45. The Labute approximate surface area is 223 Å². The number of likely N-dealkylation sites (N-methyl/N-ethyl adjacent to an activating group) is 1. The van der Waals surface area contributed by atoms with Gasteiger partial charge in [-0.1, -0.05) is 62.7 Å². The molecule has 1 aliphatic carbocycles. The van der Waals surface area contributed by atoms with Gasteiger partial charge in [0.05, 0.1) is 19.7 Å². The minimum Gasteiger partial charge on any atom is -0.458 e. The fraction of sp³-hybridized carbons (Fsp3) is 0.562. The van der Waals surface area contributed by atoms with Crippen LogP contribution in [0.15, 0.2) is 54.6 Å². The maximum atomic E-state index is 13.1.